The molecule has 0 aromatic heterocycles. The maximum atomic E-state index is 11.6. The fourth-order valence-electron chi connectivity index (χ4n) is 1.92. The summed E-state index contributed by atoms with van der Waals surface area (Å²) in [6, 6.07) is 7.93. The van der Waals surface area contributed by atoms with Gasteiger partial charge in [0.15, 0.2) is 0 Å². The summed E-state index contributed by atoms with van der Waals surface area (Å²) in [4.78, 5) is 13.9. The van der Waals surface area contributed by atoms with Crippen LogP contribution in [0.3, 0.4) is 0 Å². The molecule has 0 radical (unpaired) electrons. The fourth-order valence-corrected chi connectivity index (χ4v) is 1.92. The van der Waals surface area contributed by atoms with Crippen molar-refractivity contribution in [2.75, 3.05) is 25.0 Å². The summed E-state index contributed by atoms with van der Waals surface area (Å²) in [6.45, 7) is 7.27. The second-order valence-electron chi connectivity index (χ2n) is 4.54. The van der Waals surface area contributed by atoms with E-state index >= 15 is 0 Å². The quantitative estimate of drug-likeness (QED) is 0.757. The van der Waals surface area contributed by atoms with Crippen LogP contribution < -0.4 is 5.32 Å². The highest BCUT2D eigenvalue weighted by atomic mass is 16.3. The van der Waals surface area contributed by atoms with E-state index in [1.54, 1.807) is 0 Å². The third kappa shape index (κ3) is 5.85. The van der Waals surface area contributed by atoms with Gasteiger partial charge in [0, 0.05) is 25.3 Å². The lowest BCUT2D eigenvalue weighted by Crippen LogP contribution is -2.22. The number of anilines is 1. The Labute approximate surface area is 115 Å². The van der Waals surface area contributed by atoms with Crippen molar-refractivity contribution in [1.82, 2.24) is 4.90 Å². The van der Waals surface area contributed by atoms with Crippen molar-refractivity contribution in [3.8, 4) is 0 Å². The van der Waals surface area contributed by atoms with E-state index in [0.717, 1.165) is 25.3 Å². The lowest BCUT2D eigenvalue weighted by atomic mass is 10.2. The van der Waals surface area contributed by atoms with Crippen molar-refractivity contribution >= 4 is 11.6 Å². The van der Waals surface area contributed by atoms with E-state index in [4.69, 9.17) is 5.11 Å². The van der Waals surface area contributed by atoms with Gasteiger partial charge in [-0.25, -0.2) is 0 Å². The van der Waals surface area contributed by atoms with E-state index < -0.39 is 0 Å². The molecular weight excluding hydrogens is 240 g/mol. The van der Waals surface area contributed by atoms with Crippen molar-refractivity contribution in [2.45, 2.75) is 33.2 Å². The highest BCUT2D eigenvalue weighted by Crippen LogP contribution is 2.13. The predicted octanol–water partition coefficient (Wildman–Crippen LogP) is 2.24. The Bertz CT molecular complexity index is 389. The van der Waals surface area contributed by atoms with Gasteiger partial charge in [-0.05, 0) is 37.2 Å². The van der Waals surface area contributed by atoms with Gasteiger partial charge in [0.25, 0.3) is 0 Å². The zero-order valence-electron chi connectivity index (χ0n) is 11.9. The Morgan fingerprint density at radius 3 is 2.68 bits per heavy atom. The minimum Gasteiger partial charge on any atom is -0.396 e. The molecule has 0 saturated heterocycles. The lowest BCUT2D eigenvalue weighted by molar-refractivity contribution is -0.116. The van der Waals surface area contributed by atoms with E-state index in [0.29, 0.717) is 12.8 Å². The first kappa shape index (κ1) is 15.7. The normalized spacial score (nSPS) is 10.7. The van der Waals surface area contributed by atoms with Crippen molar-refractivity contribution in [1.29, 1.82) is 0 Å². The van der Waals surface area contributed by atoms with Gasteiger partial charge in [-0.2, -0.15) is 0 Å². The zero-order valence-corrected chi connectivity index (χ0v) is 11.9. The number of carbonyl (C=O) groups is 1. The standard InChI is InChI=1S/C15H24N2O2/c1-3-17(4-2)12-13-7-5-8-14(11-13)16-15(19)9-6-10-18/h5,7-8,11,18H,3-4,6,9-10,12H2,1-2H3,(H,16,19). The number of aliphatic hydroxyl groups is 1. The molecule has 0 aliphatic heterocycles. The van der Waals surface area contributed by atoms with Gasteiger partial charge in [-0.3, -0.25) is 9.69 Å². The van der Waals surface area contributed by atoms with E-state index in [1.807, 2.05) is 18.2 Å². The van der Waals surface area contributed by atoms with Gasteiger partial charge in [-0.1, -0.05) is 26.0 Å². The van der Waals surface area contributed by atoms with Crippen LogP contribution in [0.15, 0.2) is 24.3 Å². The predicted molar refractivity (Wildman–Crippen MR) is 78.0 cm³/mol. The molecule has 2 N–H and O–H groups in total. The summed E-state index contributed by atoms with van der Waals surface area (Å²) in [5.74, 6) is -0.0472. The first-order chi connectivity index (χ1) is 9.19. The number of nitrogens with zero attached hydrogens (tertiary/aromatic N) is 1. The zero-order chi connectivity index (χ0) is 14.1. The third-order valence-electron chi connectivity index (χ3n) is 3.07. The van der Waals surface area contributed by atoms with Crippen LogP contribution in [0, 0.1) is 0 Å². The molecule has 0 fully saturated rings. The summed E-state index contributed by atoms with van der Waals surface area (Å²) in [6.07, 6.45) is 0.863. The fraction of sp³-hybridized carbons (Fsp3) is 0.533. The van der Waals surface area contributed by atoms with Crippen LogP contribution in [0.25, 0.3) is 0 Å². The topological polar surface area (TPSA) is 52.6 Å². The van der Waals surface area contributed by atoms with Gasteiger partial charge in [-0.15, -0.1) is 0 Å². The molecule has 4 nitrogen and oxygen atoms in total. The van der Waals surface area contributed by atoms with Gasteiger partial charge in [0.05, 0.1) is 0 Å². The van der Waals surface area contributed by atoms with Gasteiger partial charge < -0.3 is 10.4 Å². The average Bonchev–Trinajstić information content (AvgIpc) is 2.43. The summed E-state index contributed by atoms with van der Waals surface area (Å²) in [5, 5.41) is 11.6. The van der Waals surface area contributed by atoms with Crippen LogP contribution >= 0.6 is 0 Å². The SMILES string of the molecule is CCN(CC)Cc1cccc(NC(=O)CCCO)c1. The highest BCUT2D eigenvalue weighted by molar-refractivity contribution is 5.90. The first-order valence-electron chi connectivity index (χ1n) is 6.91. The van der Waals surface area contributed by atoms with Crippen LogP contribution in [0.5, 0.6) is 0 Å². The summed E-state index contributed by atoms with van der Waals surface area (Å²) >= 11 is 0. The number of hydrogen-bond acceptors (Lipinski definition) is 3. The van der Waals surface area contributed by atoms with E-state index in [1.165, 1.54) is 5.56 Å². The third-order valence-corrected chi connectivity index (χ3v) is 3.07. The molecule has 4 heteroatoms. The Balaban J connectivity index is 2.58. The minimum atomic E-state index is -0.0472. The molecule has 1 rings (SSSR count). The lowest BCUT2D eigenvalue weighted by Gasteiger charge is -2.18. The highest BCUT2D eigenvalue weighted by Gasteiger charge is 2.04. The minimum absolute atomic E-state index is 0.0472. The second-order valence-corrected chi connectivity index (χ2v) is 4.54. The molecule has 0 saturated carbocycles. The Morgan fingerprint density at radius 1 is 1.32 bits per heavy atom. The van der Waals surface area contributed by atoms with Crippen LogP contribution in [0.1, 0.15) is 32.3 Å². The van der Waals surface area contributed by atoms with Gasteiger partial charge >= 0.3 is 0 Å². The average molecular weight is 264 g/mol. The molecule has 0 spiro atoms. The second kappa shape index (κ2) is 8.67. The molecule has 0 unspecified atom stereocenters. The van der Waals surface area contributed by atoms with Gasteiger partial charge in [0.1, 0.15) is 0 Å². The van der Waals surface area contributed by atoms with E-state index in [9.17, 15) is 4.79 Å². The number of amides is 1. The van der Waals surface area contributed by atoms with Gasteiger partial charge in [0.2, 0.25) is 5.91 Å². The van der Waals surface area contributed by atoms with Crippen LogP contribution in [0.4, 0.5) is 5.69 Å². The molecule has 0 bridgehead atoms. The Morgan fingerprint density at radius 2 is 2.05 bits per heavy atom. The molecule has 106 valence electrons. The van der Waals surface area contributed by atoms with Crippen molar-refractivity contribution in [3.05, 3.63) is 29.8 Å². The maximum Gasteiger partial charge on any atom is 0.224 e. The molecule has 1 amide bonds. The monoisotopic (exact) mass is 264 g/mol. The maximum absolute atomic E-state index is 11.6. The smallest absolute Gasteiger partial charge is 0.224 e. The van der Waals surface area contributed by atoms with Crippen molar-refractivity contribution in [2.24, 2.45) is 0 Å². The van der Waals surface area contributed by atoms with Crippen molar-refractivity contribution in [3.63, 3.8) is 0 Å². The summed E-state index contributed by atoms with van der Waals surface area (Å²) < 4.78 is 0. The molecule has 19 heavy (non-hydrogen) atoms. The number of benzene rings is 1. The molecule has 1 aromatic rings. The molecule has 0 aliphatic carbocycles. The summed E-state index contributed by atoms with van der Waals surface area (Å²) in [5.41, 5.74) is 2.02. The molecule has 0 aliphatic rings. The number of nitrogens with one attached hydrogen (secondary N) is 1. The summed E-state index contributed by atoms with van der Waals surface area (Å²) in [7, 11) is 0. The number of rotatable bonds is 8. The van der Waals surface area contributed by atoms with Crippen molar-refractivity contribution < 1.29 is 9.90 Å². The number of aliphatic hydroxyl groups excluding tert-OH is 1. The van der Waals surface area contributed by atoms with E-state index in [-0.39, 0.29) is 12.5 Å². The first-order valence-corrected chi connectivity index (χ1v) is 6.91. The molecular formula is C15H24N2O2. The molecule has 0 atom stereocenters. The molecule has 0 heterocycles. The van der Waals surface area contributed by atoms with Crippen LogP contribution in [-0.4, -0.2) is 35.6 Å². The number of hydrogen-bond donors (Lipinski definition) is 2. The Hall–Kier alpha value is -1.39. The number of carbonyl (C=O) groups excluding carboxylic acids is 1. The van der Waals surface area contributed by atoms with Crippen LogP contribution in [0.2, 0.25) is 0 Å². The Kier molecular flexibility index (Phi) is 7.15. The molecule has 1 aromatic carbocycles. The largest absolute Gasteiger partial charge is 0.396 e. The van der Waals surface area contributed by atoms with Crippen LogP contribution in [-0.2, 0) is 11.3 Å². The van der Waals surface area contributed by atoms with E-state index in [2.05, 4.69) is 30.1 Å².